The fourth-order valence-corrected chi connectivity index (χ4v) is 3.98. The van der Waals surface area contributed by atoms with Gasteiger partial charge in [0.25, 0.3) is 0 Å². The molecule has 2 aromatic carbocycles. The molecule has 26 heavy (non-hydrogen) atoms. The number of aryl methyl sites for hydroxylation is 1. The Morgan fingerprint density at radius 1 is 0.923 bits per heavy atom. The van der Waals surface area contributed by atoms with Crippen LogP contribution in [0.15, 0.2) is 54.6 Å². The fraction of sp³-hybridized carbons (Fsp3) is 0.478. The van der Waals surface area contributed by atoms with Crippen LogP contribution in [0.3, 0.4) is 0 Å². The van der Waals surface area contributed by atoms with Crippen molar-refractivity contribution in [3.63, 3.8) is 0 Å². The van der Waals surface area contributed by atoms with Gasteiger partial charge in [-0.2, -0.15) is 0 Å². The highest BCUT2D eigenvalue weighted by Crippen LogP contribution is 2.33. The number of phenols is 1. The van der Waals surface area contributed by atoms with Gasteiger partial charge in [-0.15, -0.1) is 0 Å². The van der Waals surface area contributed by atoms with Gasteiger partial charge >= 0.3 is 0 Å². The molecule has 1 unspecified atom stereocenters. The molecular weight excluding hydrogens is 322 g/mol. The normalized spacial score (nSPS) is 21.4. The molecule has 1 aliphatic carbocycles. The summed E-state index contributed by atoms with van der Waals surface area (Å²) in [4.78, 5) is 0. The third-order valence-electron chi connectivity index (χ3n) is 5.73. The molecule has 0 saturated heterocycles. The van der Waals surface area contributed by atoms with Gasteiger partial charge in [-0.3, -0.25) is 0 Å². The van der Waals surface area contributed by atoms with Crippen molar-refractivity contribution in [3.8, 4) is 5.75 Å². The summed E-state index contributed by atoms with van der Waals surface area (Å²) < 4.78 is 0. The predicted molar refractivity (Wildman–Crippen MR) is 106 cm³/mol. The first-order valence-corrected chi connectivity index (χ1v) is 9.91. The standard InChI is InChI=1S/C23H31NO2/c25-17-19(7-6-18-4-2-1-3-5-18)16-24-22-12-8-20(9-13-22)21-10-14-23(26)15-11-21/h1-5,10-11,14-15,19-20,22,24-26H,6-9,12-13,16-17H2. The van der Waals surface area contributed by atoms with Gasteiger partial charge in [-0.25, -0.2) is 0 Å². The van der Waals surface area contributed by atoms with Crippen LogP contribution in [0.1, 0.15) is 49.1 Å². The summed E-state index contributed by atoms with van der Waals surface area (Å²) in [6, 6.07) is 18.8. The van der Waals surface area contributed by atoms with Gasteiger partial charge in [-0.05, 0) is 73.6 Å². The van der Waals surface area contributed by atoms with Crippen molar-refractivity contribution in [2.75, 3.05) is 13.2 Å². The number of aliphatic hydroxyl groups is 1. The summed E-state index contributed by atoms with van der Waals surface area (Å²) in [6.07, 6.45) is 6.80. The average Bonchev–Trinajstić information content (AvgIpc) is 2.70. The first-order valence-electron chi connectivity index (χ1n) is 9.91. The Morgan fingerprint density at radius 3 is 2.27 bits per heavy atom. The smallest absolute Gasteiger partial charge is 0.115 e. The Balaban J connectivity index is 1.38. The average molecular weight is 354 g/mol. The molecule has 1 aliphatic rings. The molecule has 1 saturated carbocycles. The van der Waals surface area contributed by atoms with E-state index in [1.807, 2.05) is 6.07 Å². The SMILES string of the molecule is OCC(CCc1ccccc1)CNC1CCC(c2ccc(O)cc2)CC1. The van der Waals surface area contributed by atoms with Gasteiger partial charge in [0.2, 0.25) is 0 Å². The number of aliphatic hydroxyl groups excluding tert-OH is 1. The second-order valence-electron chi connectivity index (χ2n) is 7.62. The van der Waals surface area contributed by atoms with Crippen molar-refractivity contribution in [2.24, 2.45) is 5.92 Å². The predicted octanol–water partition coefficient (Wildman–Crippen LogP) is 4.25. The summed E-state index contributed by atoms with van der Waals surface area (Å²) in [7, 11) is 0. The van der Waals surface area contributed by atoms with Crippen LogP contribution < -0.4 is 5.32 Å². The number of rotatable bonds is 8. The first-order chi connectivity index (χ1) is 12.7. The maximum absolute atomic E-state index is 9.69. The van der Waals surface area contributed by atoms with Crippen LogP contribution in [-0.4, -0.2) is 29.4 Å². The van der Waals surface area contributed by atoms with E-state index in [9.17, 15) is 10.2 Å². The zero-order chi connectivity index (χ0) is 18.2. The fourth-order valence-electron chi connectivity index (χ4n) is 3.98. The molecule has 0 spiro atoms. The lowest BCUT2D eigenvalue weighted by molar-refractivity contribution is 0.205. The van der Waals surface area contributed by atoms with Crippen LogP contribution in [0.25, 0.3) is 0 Å². The zero-order valence-electron chi connectivity index (χ0n) is 15.5. The Hall–Kier alpha value is -1.84. The molecule has 3 heteroatoms. The third-order valence-corrected chi connectivity index (χ3v) is 5.73. The van der Waals surface area contributed by atoms with Crippen LogP contribution in [0.2, 0.25) is 0 Å². The van der Waals surface area contributed by atoms with E-state index in [1.54, 1.807) is 12.1 Å². The van der Waals surface area contributed by atoms with E-state index in [-0.39, 0.29) is 6.61 Å². The number of benzene rings is 2. The van der Waals surface area contributed by atoms with E-state index in [4.69, 9.17) is 0 Å². The topological polar surface area (TPSA) is 52.5 Å². The summed E-state index contributed by atoms with van der Waals surface area (Å²) in [6.45, 7) is 1.15. The number of hydrogen-bond acceptors (Lipinski definition) is 3. The van der Waals surface area contributed by atoms with Crippen molar-refractivity contribution in [3.05, 3.63) is 65.7 Å². The Labute approximate surface area is 157 Å². The van der Waals surface area contributed by atoms with Crippen molar-refractivity contribution < 1.29 is 10.2 Å². The second-order valence-corrected chi connectivity index (χ2v) is 7.62. The molecule has 0 aromatic heterocycles. The Kier molecular flexibility index (Phi) is 7.10. The second kappa shape index (κ2) is 9.75. The Bertz CT molecular complexity index is 633. The molecule has 1 fully saturated rings. The highest BCUT2D eigenvalue weighted by atomic mass is 16.3. The van der Waals surface area contributed by atoms with Crippen molar-refractivity contribution in [1.82, 2.24) is 5.32 Å². The first kappa shape index (κ1) is 18.9. The molecule has 0 amide bonds. The van der Waals surface area contributed by atoms with E-state index in [0.717, 1.165) is 19.4 Å². The van der Waals surface area contributed by atoms with Gasteiger partial charge in [-0.1, -0.05) is 42.5 Å². The third kappa shape index (κ3) is 5.58. The molecule has 1 atom stereocenters. The van der Waals surface area contributed by atoms with Crippen LogP contribution in [0.4, 0.5) is 0 Å². The van der Waals surface area contributed by atoms with Crippen molar-refractivity contribution in [1.29, 1.82) is 0 Å². The molecule has 140 valence electrons. The Morgan fingerprint density at radius 2 is 1.62 bits per heavy atom. The van der Waals surface area contributed by atoms with Crippen LogP contribution in [0, 0.1) is 5.92 Å². The largest absolute Gasteiger partial charge is 0.508 e. The van der Waals surface area contributed by atoms with Crippen LogP contribution in [-0.2, 0) is 6.42 Å². The van der Waals surface area contributed by atoms with E-state index in [2.05, 4.69) is 41.7 Å². The maximum Gasteiger partial charge on any atom is 0.115 e. The quantitative estimate of drug-likeness (QED) is 0.665. The van der Waals surface area contributed by atoms with Crippen LogP contribution >= 0.6 is 0 Å². The van der Waals surface area contributed by atoms with Crippen molar-refractivity contribution in [2.45, 2.75) is 50.5 Å². The zero-order valence-corrected chi connectivity index (χ0v) is 15.5. The molecule has 3 N–H and O–H groups in total. The molecule has 0 heterocycles. The van der Waals surface area contributed by atoms with E-state index in [1.165, 1.54) is 36.8 Å². The van der Waals surface area contributed by atoms with Gasteiger partial charge < -0.3 is 15.5 Å². The molecule has 0 aliphatic heterocycles. The van der Waals surface area contributed by atoms with E-state index in [0.29, 0.717) is 23.6 Å². The van der Waals surface area contributed by atoms with Gasteiger partial charge in [0.15, 0.2) is 0 Å². The van der Waals surface area contributed by atoms with Gasteiger partial charge in [0, 0.05) is 19.2 Å². The minimum atomic E-state index is 0.253. The van der Waals surface area contributed by atoms with Crippen molar-refractivity contribution >= 4 is 0 Å². The van der Waals surface area contributed by atoms with E-state index < -0.39 is 0 Å². The number of aromatic hydroxyl groups is 1. The summed E-state index contributed by atoms with van der Waals surface area (Å²) >= 11 is 0. The van der Waals surface area contributed by atoms with Crippen LogP contribution in [0.5, 0.6) is 5.75 Å². The number of hydrogen-bond donors (Lipinski definition) is 3. The molecular formula is C23H31NO2. The summed E-state index contributed by atoms with van der Waals surface area (Å²) in [5, 5.41) is 22.8. The lowest BCUT2D eigenvalue weighted by Crippen LogP contribution is -2.37. The maximum atomic E-state index is 9.69. The molecule has 3 nitrogen and oxygen atoms in total. The summed E-state index contributed by atoms with van der Waals surface area (Å²) in [5.41, 5.74) is 2.69. The molecule has 3 rings (SSSR count). The highest BCUT2D eigenvalue weighted by Gasteiger charge is 2.22. The minimum absolute atomic E-state index is 0.253. The lowest BCUT2D eigenvalue weighted by Gasteiger charge is -2.30. The summed E-state index contributed by atoms with van der Waals surface area (Å²) in [5.74, 6) is 1.28. The molecule has 0 radical (unpaired) electrons. The number of phenolic OH excluding ortho intramolecular Hbond substituents is 1. The van der Waals surface area contributed by atoms with E-state index >= 15 is 0 Å². The van der Waals surface area contributed by atoms with Gasteiger partial charge in [0.1, 0.15) is 5.75 Å². The molecule has 0 bridgehead atoms. The van der Waals surface area contributed by atoms with Gasteiger partial charge in [0.05, 0.1) is 0 Å². The highest BCUT2D eigenvalue weighted by molar-refractivity contribution is 5.28. The minimum Gasteiger partial charge on any atom is -0.508 e. The monoisotopic (exact) mass is 353 g/mol. The number of nitrogens with one attached hydrogen (secondary N) is 1. The molecule has 2 aromatic rings. The lowest BCUT2D eigenvalue weighted by atomic mass is 9.81.